The number of ether oxygens (including phenoxy) is 1. The van der Waals surface area contributed by atoms with Gasteiger partial charge in [-0.05, 0) is 51.4 Å². The Balaban J connectivity index is 1.80. The van der Waals surface area contributed by atoms with Crippen molar-refractivity contribution in [1.82, 2.24) is 10.2 Å². The number of carbonyl (C=O) groups excluding carboxylic acids is 1. The number of benzene rings is 1. The molecule has 7 nitrogen and oxygen atoms in total. The number of hydrogen-bond acceptors (Lipinski definition) is 5. The van der Waals surface area contributed by atoms with Crippen molar-refractivity contribution in [2.75, 3.05) is 44.7 Å². The predicted octanol–water partition coefficient (Wildman–Crippen LogP) is 1.71. The Kier molecular flexibility index (Phi) is 8.22. The fraction of sp³-hybridized carbons (Fsp3) is 0.600. The zero-order valence-corrected chi connectivity index (χ0v) is 16.5. The van der Waals surface area contributed by atoms with Crippen LogP contribution < -0.4 is 10.6 Å². The van der Waals surface area contributed by atoms with Crippen molar-refractivity contribution >= 4 is 17.6 Å². The molecule has 0 aliphatic carbocycles. The van der Waals surface area contributed by atoms with Crippen molar-refractivity contribution in [3.63, 3.8) is 0 Å². The molecule has 1 heterocycles. The van der Waals surface area contributed by atoms with Crippen LogP contribution in [0.2, 0.25) is 0 Å². The Morgan fingerprint density at radius 3 is 2.41 bits per heavy atom. The van der Waals surface area contributed by atoms with Gasteiger partial charge in [-0.2, -0.15) is 0 Å². The smallest absolute Gasteiger partial charge is 0.321 e. The molecule has 3 N–H and O–H groups in total. The van der Waals surface area contributed by atoms with Crippen LogP contribution in [0.1, 0.15) is 29.5 Å². The van der Waals surface area contributed by atoms with Crippen LogP contribution in [0.3, 0.4) is 0 Å². The number of nitrogens with zero attached hydrogens (tertiary/aromatic N) is 1. The van der Waals surface area contributed by atoms with Gasteiger partial charge in [-0.25, -0.2) is 0 Å². The quantitative estimate of drug-likeness (QED) is 0.568. The van der Waals surface area contributed by atoms with Gasteiger partial charge in [0.15, 0.2) is 0 Å². The van der Waals surface area contributed by atoms with E-state index in [1.54, 1.807) is 0 Å². The summed E-state index contributed by atoms with van der Waals surface area (Å²) < 4.78 is 5.31. The number of aliphatic carboxylic acids is 1. The summed E-state index contributed by atoms with van der Waals surface area (Å²) >= 11 is 0. The van der Waals surface area contributed by atoms with E-state index in [1.807, 2.05) is 32.9 Å². The van der Waals surface area contributed by atoms with Gasteiger partial charge in [-0.1, -0.05) is 17.7 Å². The number of carboxylic acids is 1. The number of hydrogen-bond donors (Lipinski definition) is 3. The molecule has 1 unspecified atom stereocenters. The Morgan fingerprint density at radius 1 is 1.19 bits per heavy atom. The summed E-state index contributed by atoms with van der Waals surface area (Å²) in [6, 6.07) is 3.11. The fourth-order valence-electron chi connectivity index (χ4n) is 3.40. The molecule has 1 aromatic carbocycles. The molecule has 2 rings (SSSR count). The molecule has 7 heteroatoms. The molecule has 0 radical (unpaired) electrons. The Bertz CT molecular complexity index is 634. The topological polar surface area (TPSA) is 90.9 Å². The average Bonchev–Trinajstić information content (AvgIpc) is 2.61. The van der Waals surface area contributed by atoms with Gasteiger partial charge in [0.25, 0.3) is 0 Å². The predicted molar refractivity (Wildman–Crippen MR) is 105 cm³/mol. The molecule has 1 aliphatic heterocycles. The standard InChI is InChI=1S/C20H31N3O4/c1-14-11-15(2)19(16(3)12-14)22-18(24)13-17(20(25)26)21-5-4-6-23-7-9-27-10-8-23/h11-12,17,21H,4-10,13H2,1-3H3,(H,22,24)(H,25,26). The van der Waals surface area contributed by atoms with Crippen LogP contribution in [-0.4, -0.2) is 67.3 Å². The summed E-state index contributed by atoms with van der Waals surface area (Å²) in [6.07, 6.45) is 0.737. The Labute approximate surface area is 161 Å². The second-order valence-electron chi connectivity index (χ2n) is 7.18. The molecular formula is C20H31N3O4. The van der Waals surface area contributed by atoms with Gasteiger partial charge >= 0.3 is 5.97 Å². The molecule has 1 atom stereocenters. The summed E-state index contributed by atoms with van der Waals surface area (Å²) in [5.74, 6) is -1.30. The van der Waals surface area contributed by atoms with E-state index in [0.717, 1.165) is 61.6 Å². The van der Waals surface area contributed by atoms with Crippen LogP contribution in [0.25, 0.3) is 0 Å². The van der Waals surface area contributed by atoms with Crippen molar-refractivity contribution in [3.8, 4) is 0 Å². The number of carbonyl (C=O) groups is 2. The molecule has 1 fully saturated rings. The van der Waals surface area contributed by atoms with E-state index in [1.165, 1.54) is 0 Å². The first-order chi connectivity index (χ1) is 12.9. The van der Waals surface area contributed by atoms with E-state index in [2.05, 4.69) is 15.5 Å². The zero-order valence-electron chi connectivity index (χ0n) is 16.5. The zero-order chi connectivity index (χ0) is 19.8. The van der Waals surface area contributed by atoms with Gasteiger partial charge in [0.05, 0.1) is 19.6 Å². The first-order valence-corrected chi connectivity index (χ1v) is 9.51. The molecule has 0 spiro atoms. The number of amides is 1. The summed E-state index contributed by atoms with van der Waals surface area (Å²) in [5.41, 5.74) is 3.85. The normalized spacial score (nSPS) is 16.1. The number of morpholine rings is 1. The third-order valence-corrected chi connectivity index (χ3v) is 4.77. The van der Waals surface area contributed by atoms with Gasteiger partial charge in [0.1, 0.15) is 6.04 Å². The van der Waals surface area contributed by atoms with Crippen LogP contribution >= 0.6 is 0 Å². The Hall–Kier alpha value is -1.96. The summed E-state index contributed by atoms with van der Waals surface area (Å²) in [6.45, 7) is 10.7. The van der Waals surface area contributed by atoms with Crippen molar-refractivity contribution in [2.24, 2.45) is 0 Å². The summed E-state index contributed by atoms with van der Waals surface area (Å²) in [4.78, 5) is 26.2. The lowest BCUT2D eigenvalue weighted by molar-refractivity contribution is -0.141. The maximum atomic E-state index is 12.4. The van der Waals surface area contributed by atoms with Gasteiger partial charge < -0.3 is 20.5 Å². The second kappa shape index (κ2) is 10.4. The average molecular weight is 377 g/mol. The van der Waals surface area contributed by atoms with E-state index in [0.29, 0.717) is 6.54 Å². The SMILES string of the molecule is Cc1cc(C)c(NC(=O)CC(NCCCN2CCOCC2)C(=O)O)c(C)c1. The van der Waals surface area contributed by atoms with E-state index < -0.39 is 12.0 Å². The minimum Gasteiger partial charge on any atom is -0.480 e. The molecule has 0 aromatic heterocycles. The van der Waals surface area contributed by atoms with Crippen LogP contribution in [0, 0.1) is 20.8 Å². The molecule has 0 bridgehead atoms. The Morgan fingerprint density at radius 2 is 1.81 bits per heavy atom. The van der Waals surface area contributed by atoms with Crippen molar-refractivity contribution in [3.05, 3.63) is 28.8 Å². The number of nitrogens with one attached hydrogen (secondary N) is 2. The number of aryl methyl sites for hydroxylation is 3. The molecule has 150 valence electrons. The minimum atomic E-state index is -1.01. The fourth-order valence-corrected chi connectivity index (χ4v) is 3.40. The lowest BCUT2D eigenvalue weighted by Gasteiger charge is -2.26. The molecule has 1 aromatic rings. The first kappa shape index (κ1) is 21.3. The van der Waals surface area contributed by atoms with Gasteiger partial charge in [-0.15, -0.1) is 0 Å². The van der Waals surface area contributed by atoms with E-state index in [9.17, 15) is 14.7 Å². The highest BCUT2D eigenvalue weighted by Crippen LogP contribution is 2.22. The maximum Gasteiger partial charge on any atom is 0.321 e. The number of anilines is 1. The summed E-state index contributed by atoms with van der Waals surface area (Å²) in [5, 5.41) is 15.3. The second-order valence-corrected chi connectivity index (χ2v) is 7.18. The molecule has 1 saturated heterocycles. The third kappa shape index (κ3) is 6.93. The largest absolute Gasteiger partial charge is 0.480 e. The molecule has 1 aliphatic rings. The summed E-state index contributed by atoms with van der Waals surface area (Å²) in [7, 11) is 0. The molecule has 1 amide bonds. The lowest BCUT2D eigenvalue weighted by Crippen LogP contribution is -2.42. The molecular weight excluding hydrogens is 346 g/mol. The highest BCUT2D eigenvalue weighted by molar-refractivity contribution is 5.95. The maximum absolute atomic E-state index is 12.4. The van der Waals surface area contributed by atoms with E-state index >= 15 is 0 Å². The van der Waals surface area contributed by atoms with Crippen LogP contribution in [0.4, 0.5) is 5.69 Å². The van der Waals surface area contributed by atoms with Gasteiger partial charge in [0, 0.05) is 18.8 Å². The van der Waals surface area contributed by atoms with Crippen LogP contribution in [0.15, 0.2) is 12.1 Å². The van der Waals surface area contributed by atoms with Crippen molar-refractivity contribution in [2.45, 2.75) is 39.7 Å². The van der Waals surface area contributed by atoms with Crippen molar-refractivity contribution in [1.29, 1.82) is 0 Å². The number of rotatable bonds is 9. The first-order valence-electron chi connectivity index (χ1n) is 9.51. The van der Waals surface area contributed by atoms with E-state index in [-0.39, 0.29) is 12.3 Å². The lowest BCUT2D eigenvalue weighted by atomic mass is 10.0. The van der Waals surface area contributed by atoms with Gasteiger partial charge in [-0.3, -0.25) is 14.5 Å². The number of carboxylic acid groups (broad SMARTS) is 1. The van der Waals surface area contributed by atoms with Crippen LogP contribution in [0.5, 0.6) is 0 Å². The monoisotopic (exact) mass is 377 g/mol. The molecule has 0 saturated carbocycles. The molecule has 27 heavy (non-hydrogen) atoms. The van der Waals surface area contributed by atoms with Gasteiger partial charge in [0.2, 0.25) is 5.91 Å². The third-order valence-electron chi connectivity index (χ3n) is 4.77. The highest BCUT2D eigenvalue weighted by Gasteiger charge is 2.21. The van der Waals surface area contributed by atoms with Crippen molar-refractivity contribution < 1.29 is 19.4 Å². The minimum absolute atomic E-state index is 0.0976. The van der Waals surface area contributed by atoms with E-state index in [4.69, 9.17) is 4.74 Å². The van der Waals surface area contributed by atoms with Crippen LogP contribution in [-0.2, 0) is 14.3 Å². The highest BCUT2D eigenvalue weighted by atomic mass is 16.5.